The zero-order valence-corrected chi connectivity index (χ0v) is 16.7. The predicted molar refractivity (Wildman–Crippen MR) is 106 cm³/mol. The van der Waals surface area contributed by atoms with Gasteiger partial charge in [0.2, 0.25) is 0 Å². The molecule has 9 heteroatoms. The molecule has 1 aliphatic heterocycles. The van der Waals surface area contributed by atoms with Gasteiger partial charge in [-0.25, -0.2) is 4.39 Å². The summed E-state index contributed by atoms with van der Waals surface area (Å²) in [6, 6.07) is 3.03. The molecule has 1 aromatic carbocycles. The average molecular weight is 416 g/mol. The molecule has 0 aromatic heterocycles. The fraction of sp³-hybridized carbons (Fsp3) is 0.650. The maximum atomic E-state index is 13.4. The minimum absolute atomic E-state index is 0.00541. The third kappa shape index (κ3) is 4.70. The van der Waals surface area contributed by atoms with Gasteiger partial charge in [0.05, 0.1) is 41.6 Å². The van der Waals surface area contributed by atoms with Gasteiger partial charge in [-0.2, -0.15) is 13.2 Å². The van der Waals surface area contributed by atoms with E-state index in [9.17, 15) is 22.4 Å². The van der Waals surface area contributed by atoms with Gasteiger partial charge in [0.25, 0.3) is 5.91 Å². The number of alkyl halides is 4. The molecule has 0 bridgehead atoms. The highest BCUT2D eigenvalue weighted by Crippen LogP contribution is 2.40. The van der Waals surface area contributed by atoms with Crippen LogP contribution in [-0.4, -0.2) is 44.4 Å². The van der Waals surface area contributed by atoms with Gasteiger partial charge in [-0.05, 0) is 50.7 Å². The van der Waals surface area contributed by atoms with E-state index in [1.807, 2.05) is 6.92 Å². The number of nitrogen functional groups attached to an aromatic ring is 1. The van der Waals surface area contributed by atoms with Crippen molar-refractivity contribution in [3.8, 4) is 0 Å². The Kier molecular flexibility index (Phi) is 6.14. The van der Waals surface area contributed by atoms with E-state index in [2.05, 4.69) is 10.6 Å². The molecule has 0 spiro atoms. The zero-order chi connectivity index (χ0) is 21.3. The normalized spacial score (nSPS) is 24.0. The Morgan fingerprint density at radius 1 is 1.21 bits per heavy atom. The molecular weight excluding hydrogens is 388 g/mol. The summed E-state index contributed by atoms with van der Waals surface area (Å²) >= 11 is 0. The fourth-order valence-corrected chi connectivity index (χ4v) is 4.24. The number of hydrogen-bond acceptors (Lipinski definition) is 4. The highest BCUT2D eigenvalue weighted by molar-refractivity contribution is 6.02. The Bertz CT molecular complexity index is 741. The summed E-state index contributed by atoms with van der Waals surface area (Å²) in [5.41, 5.74) is 8.01. The molecule has 5 nitrogen and oxygen atoms in total. The van der Waals surface area contributed by atoms with E-state index in [1.54, 1.807) is 24.1 Å². The van der Waals surface area contributed by atoms with Crippen LogP contribution in [0.4, 0.5) is 34.6 Å². The number of benzene rings is 1. The molecule has 1 saturated heterocycles. The second-order valence-electron chi connectivity index (χ2n) is 8.12. The first-order valence-electron chi connectivity index (χ1n) is 9.98. The van der Waals surface area contributed by atoms with Crippen molar-refractivity contribution in [2.24, 2.45) is 11.8 Å². The monoisotopic (exact) mass is 416 g/mol. The number of rotatable bonds is 5. The largest absolute Gasteiger partial charge is 0.397 e. The third-order valence-electron chi connectivity index (χ3n) is 6.16. The van der Waals surface area contributed by atoms with Crippen LogP contribution in [0.25, 0.3) is 0 Å². The van der Waals surface area contributed by atoms with Crippen molar-refractivity contribution in [3.05, 3.63) is 17.7 Å². The minimum Gasteiger partial charge on any atom is -0.397 e. The van der Waals surface area contributed by atoms with E-state index >= 15 is 0 Å². The van der Waals surface area contributed by atoms with Crippen LogP contribution in [-0.2, 0) is 0 Å². The van der Waals surface area contributed by atoms with Crippen molar-refractivity contribution in [3.63, 3.8) is 0 Å². The number of hydrogen-bond donors (Lipinski definition) is 3. The van der Waals surface area contributed by atoms with Crippen LogP contribution in [0.1, 0.15) is 43.0 Å². The molecule has 2 fully saturated rings. The van der Waals surface area contributed by atoms with E-state index in [0.29, 0.717) is 35.5 Å². The lowest BCUT2D eigenvalue weighted by molar-refractivity contribution is -0.184. The molecule has 2 aliphatic rings. The predicted octanol–water partition coefficient (Wildman–Crippen LogP) is 3.96. The number of nitrogens with zero attached hydrogens (tertiary/aromatic N) is 1. The van der Waals surface area contributed by atoms with Gasteiger partial charge in [-0.3, -0.25) is 4.79 Å². The lowest BCUT2D eigenvalue weighted by Gasteiger charge is -2.38. The Balaban J connectivity index is 1.69. The van der Waals surface area contributed by atoms with E-state index < -0.39 is 18.3 Å². The summed E-state index contributed by atoms with van der Waals surface area (Å²) in [5, 5.41) is 5.88. The van der Waals surface area contributed by atoms with E-state index in [4.69, 9.17) is 5.73 Å². The highest BCUT2D eigenvalue weighted by atomic mass is 19.4. The van der Waals surface area contributed by atoms with Crippen molar-refractivity contribution in [2.45, 2.75) is 51.0 Å². The van der Waals surface area contributed by atoms with Gasteiger partial charge < -0.3 is 21.3 Å². The lowest BCUT2D eigenvalue weighted by atomic mass is 9.78. The van der Waals surface area contributed by atoms with Gasteiger partial charge in [-0.1, -0.05) is 0 Å². The summed E-state index contributed by atoms with van der Waals surface area (Å²) in [6.45, 7) is 2.25. The Labute approximate surface area is 168 Å². The molecule has 0 unspecified atom stereocenters. The van der Waals surface area contributed by atoms with E-state index in [1.165, 1.54) is 0 Å². The summed E-state index contributed by atoms with van der Waals surface area (Å²) in [5.74, 6) is -1.60. The summed E-state index contributed by atoms with van der Waals surface area (Å²) in [4.78, 5) is 14.7. The molecule has 3 rings (SSSR count). The van der Waals surface area contributed by atoms with Crippen LogP contribution in [0.15, 0.2) is 12.1 Å². The van der Waals surface area contributed by atoms with Crippen LogP contribution in [0.5, 0.6) is 0 Å². The lowest BCUT2D eigenvalue weighted by Crippen LogP contribution is -2.49. The number of nitrogens with one attached hydrogen (secondary N) is 2. The van der Waals surface area contributed by atoms with Crippen molar-refractivity contribution < 1.29 is 22.4 Å². The molecule has 29 heavy (non-hydrogen) atoms. The molecule has 162 valence electrons. The Hall–Kier alpha value is -2.19. The van der Waals surface area contributed by atoms with Gasteiger partial charge >= 0.3 is 6.18 Å². The van der Waals surface area contributed by atoms with Crippen LogP contribution >= 0.6 is 0 Å². The second kappa shape index (κ2) is 8.28. The first-order chi connectivity index (χ1) is 13.6. The number of nitrogens with two attached hydrogens (primary N) is 1. The average Bonchev–Trinajstić information content (AvgIpc) is 2.64. The van der Waals surface area contributed by atoms with Crippen LogP contribution in [0.3, 0.4) is 0 Å². The smallest absolute Gasteiger partial charge is 0.391 e. The third-order valence-corrected chi connectivity index (χ3v) is 6.16. The number of halogens is 4. The molecule has 1 aliphatic carbocycles. The maximum Gasteiger partial charge on any atom is 0.391 e. The van der Waals surface area contributed by atoms with E-state index in [0.717, 1.165) is 0 Å². The van der Waals surface area contributed by atoms with Gasteiger partial charge in [-0.15, -0.1) is 0 Å². The number of amides is 1. The SMILES string of the molecule is CNc1cc(N2CC(F)C2)c(C(=O)N[C@H](C)C2CCC(C(F)(F)F)CC2)cc1N. The van der Waals surface area contributed by atoms with Gasteiger partial charge in [0, 0.05) is 13.1 Å². The fourth-order valence-electron chi connectivity index (χ4n) is 4.24. The number of carbonyl (C=O) groups is 1. The van der Waals surface area contributed by atoms with Gasteiger partial charge in [0.1, 0.15) is 6.17 Å². The second-order valence-corrected chi connectivity index (χ2v) is 8.12. The van der Waals surface area contributed by atoms with Crippen molar-refractivity contribution in [2.75, 3.05) is 36.1 Å². The topological polar surface area (TPSA) is 70.4 Å². The Morgan fingerprint density at radius 3 is 2.34 bits per heavy atom. The molecular formula is C20H28F4N4O. The van der Waals surface area contributed by atoms with Gasteiger partial charge in [0.15, 0.2) is 0 Å². The van der Waals surface area contributed by atoms with Crippen molar-refractivity contribution >= 4 is 23.0 Å². The maximum absolute atomic E-state index is 13.4. The first kappa shape index (κ1) is 21.5. The van der Waals surface area contributed by atoms with Crippen LogP contribution in [0, 0.1) is 11.8 Å². The van der Waals surface area contributed by atoms with Crippen molar-refractivity contribution in [1.82, 2.24) is 5.32 Å². The highest BCUT2D eigenvalue weighted by Gasteiger charge is 2.42. The number of carbonyl (C=O) groups excluding carboxylic acids is 1. The molecule has 1 saturated carbocycles. The minimum atomic E-state index is -4.15. The number of anilines is 3. The first-order valence-corrected chi connectivity index (χ1v) is 9.98. The summed E-state index contributed by atoms with van der Waals surface area (Å²) in [6.07, 6.45) is -4.04. The molecule has 1 atom stereocenters. The summed E-state index contributed by atoms with van der Waals surface area (Å²) < 4.78 is 52.0. The van der Waals surface area contributed by atoms with E-state index in [-0.39, 0.29) is 43.8 Å². The Morgan fingerprint density at radius 2 is 1.83 bits per heavy atom. The van der Waals surface area contributed by atoms with Crippen LogP contribution < -0.4 is 21.3 Å². The zero-order valence-electron chi connectivity index (χ0n) is 16.7. The quantitative estimate of drug-likeness (QED) is 0.502. The van der Waals surface area contributed by atoms with Crippen LogP contribution in [0.2, 0.25) is 0 Å². The van der Waals surface area contributed by atoms with Crippen molar-refractivity contribution in [1.29, 1.82) is 0 Å². The molecule has 4 N–H and O–H groups in total. The summed E-state index contributed by atoms with van der Waals surface area (Å²) in [7, 11) is 1.71. The standard InChI is InChI=1S/C20H28F4N4O/c1-11(12-3-5-13(6-4-12)20(22,23)24)27-19(29)15-7-16(25)17(26-2)8-18(15)28-9-14(21)10-28/h7-8,11-14,26H,3-6,9-10,25H2,1-2H3,(H,27,29)/t11-,12?,13?/m1/s1. The molecule has 1 aromatic rings. The molecule has 1 heterocycles. The molecule has 1 amide bonds. The molecule has 0 radical (unpaired) electrons.